The summed E-state index contributed by atoms with van der Waals surface area (Å²) in [7, 11) is 0. The van der Waals surface area contributed by atoms with Gasteiger partial charge in [0.2, 0.25) is 0 Å². The number of halogens is 1. The highest BCUT2D eigenvalue weighted by molar-refractivity contribution is 14.0. The minimum Gasteiger partial charge on any atom is -0.370 e. The summed E-state index contributed by atoms with van der Waals surface area (Å²) in [5.41, 5.74) is 10.3. The van der Waals surface area contributed by atoms with Crippen molar-refractivity contribution in [2.45, 2.75) is 59.4 Å². The Morgan fingerprint density at radius 3 is 2.44 bits per heavy atom. The Morgan fingerprint density at radius 1 is 1.20 bits per heavy atom. The van der Waals surface area contributed by atoms with E-state index in [2.05, 4.69) is 48.4 Å². The van der Waals surface area contributed by atoms with Crippen molar-refractivity contribution in [2.75, 3.05) is 5.32 Å². The van der Waals surface area contributed by atoms with Crippen LogP contribution >= 0.6 is 24.0 Å². The quantitative estimate of drug-likeness (QED) is 0.355. The minimum absolute atomic E-state index is 0. The van der Waals surface area contributed by atoms with Gasteiger partial charge in [0.15, 0.2) is 5.96 Å². The van der Waals surface area contributed by atoms with Gasteiger partial charge in [-0.05, 0) is 36.5 Å². The monoisotopic (exact) mass is 456 g/mol. The second kappa shape index (κ2) is 10.4. The van der Waals surface area contributed by atoms with E-state index in [0.29, 0.717) is 18.4 Å². The molecule has 0 aliphatic rings. The van der Waals surface area contributed by atoms with Crippen molar-refractivity contribution in [2.24, 2.45) is 10.7 Å². The summed E-state index contributed by atoms with van der Waals surface area (Å²) < 4.78 is 5.35. The molecule has 0 saturated heterocycles. The number of nitrogens with zero attached hydrogens (tertiary/aromatic N) is 2. The Bertz CT molecular complexity index is 658. The maximum Gasteiger partial charge on any atom is 0.193 e. The Labute approximate surface area is 167 Å². The lowest BCUT2D eigenvalue weighted by atomic mass is 9.99. The molecule has 0 radical (unpaired) electrons. The van der Waals surface area contributed by atoms with Crippen LogP contribution in [0.25, 0.3) is 0 Å². The van der Waals surface area contributed by atoms with E-state index in [4.69, 9.17) is 10.3 Å². The molecule has 1 heterocycles. The molecule has 1 unspecified atom stereocenters. The predicted molar refractivity (Wildman–Crippen MR) is 115 cm³/mol. The van der Waals surface area contributed by atoms with E-state index in [0.717, 1.165) is 42.0 Å². The maximum atomic E-state index is 6.02. The van der Waals surface area contributed by atoms with Crippen molar-refractivity contribution in [1.82, 2.24) is 5.16 Å². The van der Waals surface area contributed by atoms with Gasteiger partial charge in [0.05, 0.1) is 12.2 Å². The number of nitrogens with two attached hydrogens (primary N) is 1. The van der Waals surface area contributed by atoms with Gasteiger partial charge >= 0.3 is 0 Å². The number of benzene rings is 1. The number of aromatic nitrogens is 1. The van der Waals surface area contributed by atoms with Gasteiger partial charge < -0.3 is 15.6 Å². The summed E-state index contributed by atoms with van der Waals surface area (Å²) in [6.45, 7) is 9.02. The number of hydrogen-bond acceptors (Lipinski definition) is 3. The number of aliphatic imine (C=N–C) groups is 1. The zero-order valence-electron chi connectivity index (χ0n) is 15.5. The largest absolute Gasteiger partial charge is 0.370 e. The van der Waals surface area contributed by atoms with Crippen LogP contribution in [0, 0.1) is 0 Å². The lowest BCUT2D eigenvalue weighted by Crippen LogP contribution is -2.22. The third-order valence-corrected chi connectivity index (χ3v) is 4.38. The molecule has 1 aromatic heterocycles. The van der Waals surface area contributed by atoms with Crippen molar-refractivity contribution in [3.8, 4) is 0 Å². The zero-order chi connectivity index (χ0) is 17.5. The molecule has 25 heavy (non-hydrogen) atoms. The van der Waals surface area contributed by atoms with Crippen LogP contribution in [0.2, 0.25) is 0 Å². The van der Waals surface area contributed by atoms with E-state index in [1.165, 1.54) is 5.56 Å². The highest BCUT2D eigenvalue weighted by Gasteiger charge is 2.12. The first-order valence-corrected chi connectivity index (χ1v) is 8.72. The molecule has 0 aliphatic carbocycles. The Hall–Kier alpha value is -1.57. The van der Waals surface area contributed by atoms with Gasteiger partial charge in [0.25, 0.3) is 0 Å². The highest BCUT2D eigenvalue weighted by atomic mass is 127. The van der Waals surface area contributed by atoms with E-state index >= 15 is 0 Å². The van der Waals surface area contributed by atoms with Crippen molar-refractivity contribution in [3.63, 3.8) is 0 Å². The average molecular weight is 456 g/mol. The third-order valence-electron chi connectivity index (χ3n) is 4.38. The molecule has 138 valence electrons. The molecular weight excluding hydrogens is 427 g/mol. The van der Waals surface area contributed by atoms with Gasteiger partial charge in [0.1, 0.15) is 5.76 Å². The first-order valence-electron chi connectivity index (χ1n) is 8.72. The Kier molecular flexibility index (Phi) is 8.96. The van der Waals surface area contributed by atoms with Crippen LogP contribution < -0.4 is 11.1 Å². The van der Waals surface area contributed by atoms with Crippen molar-refractivity contribution >= 4 is 35.6 Å². The number of anilines is 1. The standard InChI is InChI=1S/C19H28N4O.HI/c1-5-13(4)14-8-10-15(11-9-14)22-19(20)21-12-16-17(6-2)23-24-18(16)7-3;/h8-11,13H,5-7,12H2,1-4H3,(H3,20,21,22);1H. The van der Waals surface area contributed by atoms with E-state index in [1.54, 1.807) is 0 Å². The van der Waals surface area contributed by atoms with E-state index in [1.807, 2.05) is 19.1 Å². The maximum absolute atomic E-state index is 6.02. The molecule has 0 spiro atoms. The number of aryl methyl sites for hydroxylation is 2. The van der Waals surface area contributed by atoms with E-state index in [9.17, 15) is 0 Å². The number of nitrogens with one attached hydrogen (secondary N) is 1. The smallest absolute Gasteiger partial charge is 0.193 e. The minimum atomic E-state index is 0. The van der Waals surface area contributed by atoms with Gasteiger partial charge in [-0.25, -0.2) is 4.99 Å². The van der Waals surface area contributed by atoms with E-state index in [-0.39, 0.29) is 24.0 Å². The van der Waals surface area contributed by atoms with Crippen LogP contribution in [0.15, 0.2) is 33.8 Å². The van der Waals surface area contributed by atoms with Crippen LogP contribution in [0.5, 0.6) is 0 Å². The summed E-state index contributed by atoms with van der Waals surface area (Å²) in [6.07, 6.45) is 2.77. The fourth-order valence-corrected chi connectivity index (χ4v) is 2.60. The lowest BCUT2D eigenvalue weighted by Gasteiger charge is -2.11. The van der Waals surface area contributed by atoms with Crippen LogP contribution in [0.4, 0.5) is 5.69 Å². The molecule has 0 bridgehead atoms. The molecule has 0 amide bonds. The summed E-state index contributed by atoms with van der Waals surface area (Å²) >= 11 is 0. The summed E-state index contributed by atoms with van der Waals surface area (Å²) in [4.78, 5) is 4.44. The summed E-state index contributed by atoms with van der Waals surface area (Å²) in [6, 6.07) is 8.35. The molecule has 6 heteroatoms. The van der Waals surface area contributed by atoms with Crippen LogP contribution in [0.3, 0.4) is 0 Å². The van der Waals surface area contributed by atoms with E-state index < -0.39 is 0 Å². The summed E-state index contributed by atoms with van der Waals surface area (Å²) in [5.74, 6) is 1.86. The molecule has 0 fully saturated rings. The Morgan fingerprint density at radius 2 is 1.88 bits per heavy atom. The van der Waals surface area contributed by atoms with Gasteiger partial charge in [-0.2, -0.15) is 0 Å². The lowest BCUT2D eigenvalue weighted by molar-refractivity contribution is 0.380. The van der Waals surface area contributed by atoms with Crippen LogP contribution in [-0.4, -0.2) is 11.1 Å². The normalized spacial score (nSPS) is 12.6. The van der Waals surface area contributed by atoms with Crippen LogP contribution in [-0.2, 0) is 19.4 Å². The zero-order valence-corrected chi connectivity index (χ0v) is 17.8. The highest BCUT2D eigenvalue weighted by Crippen LogP contribution is 2.20. The predicted octanol–water partition coefficient (Wildman–Crippen LogP) is 4.86. The molecule has 2 aromatic rings. The number of rotatable bonds is 7. The molecule has 2 rings (SSSR count). The number of guanidine groups is 1. The SMILES string of the molecule is CCc1noc(CC)c1CN=C(N)Nc1ccc(C(C)CC)cc1.I. The molecule has 0 saturated carbocycles. The van der Waals surface area contributed by atoms with Crippen molar-refractivity contribution in [3.05, 3.63) is 46.8 Å². The van der Waals surface area contributed by atoms with Gasteiger partial charge in [-0.15, -0.1) is 24.0 Å². The average Bonchev–Trinajstić information content (AvgIpc) is 3.01. The molecule has 5 nitrogen and oxygen atoms in total. The first-order chi connectivity index (χ1) is 11.6. The van der Waals surface area contributed by atoms with Crippen molar-refractivity contribution < 1.29 is 4.52 Å². The van der Waals surface area contributed by atoms with Crippen LogP contribution in [0.1, 0.15) is 62.6 Å². The van der Waals surface area contributed by atoms with Gasteiger partial charge in [0, 0.05) is 17.7 Å². The molecular formula is C19H29IN4O. The fraction of sp³-hybridized carbons (Fsp3) is 0.474. The molecule has 1 aromatic carbocycles. The third kappa shape index (κ3) is 5.73. The second-order valence-electron chi connectivity index (χ2n) is 6.00. The Balaban J connectivity index is 0.00000312. The molecule has 3 N–H and O–H groups in total. The van der Waals surface area contributed by atoms with Crippen molar-refractivity contribution in [1.29, 1.82) is 0 Å². The summed E-state index contributed by atoms with van der Waals surface area (Å²) in [5, 5.41) is 7.24. The fourth-order valence-electron chi connectivity index (χ4n) is 2.60. The second-order valence-corrected chi connectivity index (χ2v) is 6.00. The molecule has 0 aliphatic heterocycles. The van der Waals surface area contributed by atoms with Gasteiger partial charge in [-0.1, -0.05) is 45.0 Å². The topological polar surface area (TPSA) is 76.4 Å². The molecule has 1 atom stereocenters. The first kappa shape index (κ1) is 21.5. The number of hydrogen-bond donors (Lipinski definition) is 2. The van der Waals surface area contributed by atoms with Gasteiger partial charge in [-0.3, -0.25) is 0 Å².